The Kier molecular flexibility index (Phi) is 10.4. The van der Waals surface area contributed by atoms with Crippen LogP contribution in [-0.2, 0) is 32.6 Å². The molecule has 202 valence electrons. The molecule has 0 bridgehead atoms. The zero-order valence-corrected chi connectivity index (χ0v) is 24.6. The molecule has 2 amide bonds. The number of anilines is 1. The lowest BCUT2D eigenvalue weighted by atomic mass is 10.0. The molecule has 7 nitrogen and oxygen atoms in total. The van der Waals surface area contributed by atoms with E-state index in [1.165, 1.54) is 4.90 Å². The Balaban J connectivity index is 2.08. The number of carbonyl (C=O) groups is 2. The Morgan fingerprint density at radius 1 is 0.947 bits per heavy atom. The quantitative estimate of drug-likeness (QED) is 0.326. The van der Waals surface area contributed by atoms with Gasteiger partial charge in [0.1, 0.15) is 12.6 Å². The van der Waals surface area contributed by atoms with Crippen molar-refractivity contribution in [2.45, 2.75) is 38.9 Å². The van der Waals surface area contributed by atoms with E-state index in [2.05, 4.69) is 21.2 Å². The molecule has 10 heteroatoms. The third-order valence-electron chi connectivity index (χ3n) is 5.80. The second-order valence-electron chi connectivity index (χ2n) is 9.20. The molecule has 1 N–H and O–H groups in total. The van der Waals surface area contributed by atoms with Crippen LogP contribution in [0.3, 0.4) is 0 Å². The van der Waals surface area contributed by atoms with Crippen LogP contribution in [0.5, 0.6) is 0 Å². The van der Waals surface area contributed by atoms with Gasteiger partial charge in [-0.25, -0.2) is 8.42 Å². The van der Waals surface area contributed by atoms with Gasteiger partial charge in [-0.3, -0.25) is 13.9 Å². The van der Waals surface area contributed by atoms with Crippen molar-refractivity contribution in [2.24, 2.45) is 0 Å². The highest BCUT2D eigenvalue weighted by Crippen LogP contribution is 2.28. The fourth-order valence-corrected chi connectivity index (χ4v) is 5.67. The third-order valence-corrected chi connectivity index (χ3v) is 7.97. The van der Waals surface area contributed by atoms with E-state index in [0.29, 0.717) is 20.7 Å². The number of amides is 2. The molecular formula is C28H31BrClN3O4S. The molecule has 3 rings (SSSR count). The molecule has 0 aliphatic heterocycles. The van der Waals surface area contributed by atoms with Crippen molar-refractivity contribution in [2.75, 3.05) is 17.1 Å². The van der Waals surface area contributed by atoms with E-state index in [9.17, 15) is 18.0 Å². The molecule has 0 spiro atoms. The number of sulfonamides is 1. The fraction of sp³-hybridized carbons (Fsp3) is 0.286. The molecule has 1 unspecified atom stereocenters. The average Bonchev–Trinajstić information content (AvgIpc) is 2.85. The number of hydrogen-bond acceptors (Lipinski definition) is 4. The summed E-state index contributed by atoms with van der Waals surface area (Å²) >= 11 is 9.84. The van der Waals surface area contributed by atoms with Gasteiger partial charge in [-0.1, -0.05) is 72.3 Å². The maximum atomic E-state index is 14.0. The number of nitrogens with one attached hydrogen (secondary N) is 1. The molecule has 0 radical (unpaired) electrons. The second-order valence-corrected chi connectivity index (χ2v) is 12.4. The van der Waals surface area contributed by atoms with Gasteiger partial charge in [0.25, 0.3) is 0 Å². The van der Waals surface area contributed by atoms with Gasteiger partial charge in [0, 0.05) is 28.5 Å². The number of para-hydroxylation sites is 1. The first-order valence-corrected chi connectivity index (χ1v) is 15.1. The van der Waals surface area contributed by atoms with Crippen molar-refractivity contribution in [1.29, 1.82) is 0 Å². The van der Waals surface area contributed by atoms with Crippen LogP contribution < -0.4 is 9.62 Å². The van der Waals surface area contributed by atoms with Crippen LogP contribution in [-0.4, -0.2) is 50.0 Å². The van der Waals surface area contributed by atoms with Gasteiger partial charge in [-0.05, 0) is 59.1 Å². The summed E-state index contributed by atoms with van der Waals surface area (Å²) in [6, 6.07) is 22.1. The second kappa shape index (κ2) is 13.3. The summed E-state index contributed by atoms with van der Waals surface area (Å²) in [5.41, 5.74) is 1.83. The van der Waals surface area contributed by atoms with Crippen LogP contribution in [0.25, 0.3) is 0 Å². The minimum absolute atomic E-state index is 0.0229. The van der Waals surface area contributed by atoms with Crippen molar-refractivity contribution in [3.63, 3.8) is 0 Å². The van der Waals surface area contributed by atoms with Crippen LogP contribution in [0.1, 0.15) is 25.0 Å². The van der Waals surface area contributed by atoms with Crippen LogP contribution >= 0.6 is 27.5 Å². The van der Waals surface area contributed by atoms with Crippen LogP contribution in [0.4, 0.5) is 5.69 Å². The predicted molar refractivity (Wildman–Crippen MR) is 156 cm³/mol. The van der Waals surface area contributed by atoms with Crippen molar-refractivity contribution in [3.8, 4) is 0 Å². The van der Waals surface area contributed by atoms with Gasteiger partial charge in [-0.15, -0.1) is 0 Å². The molecule has 38 heavy (non-hydrogen) atoms. The number of carbonyl (C=O) groups excluding carboxylic acids is 2. The van der Waals surface area contributed by atoms with E-state index < -0.39 is 28.5 Å². The Bertz CT molecular complexity index is 1370. The summed E-state index contributed by atoms with van der Waals surface area (Å²) in [5, 5.41) is 3.36. The summed E-state index contributed by atoms with van der Waals surface area (Å²) in [5.74, 6) is -0.873. The monoisotopic (exact) mass is 619 g/mol. The number of hydrogen-bond donors (Lipinski definition) is 1. The molecule has 0 saturated carbocycles. The standard InChI is InChI=1S/C28H31BrClN3O4S/c1-20(2)31-28(35)26(17-21-11-5-4-6-12-21)32(18-22-13-7-9-15-24(22)30)27(34)19-33(38(3,36)37)25-16-10-8-14-23(25)29/h4-16,20,26H,17-19H2,1-3H3,(H,31,35). The highest BCUT2D eigenvalue weighted by Gasteiger charge is 2.33. The molecule has 0 saturated heterocycles. The first-order valence-electron chi connectivity index (χ1n) is 12.1. The molecule has 0 fully saturated rings. The highest BCUT2D eigenvalue weighted by molar-refractivity contribution is 9.10. The van der Waals surface area contributed by atoms with Crippen molar-refractivity contribution < 1.29 is 18.0 Å². The minimum atomic E-state index is -3.84. The van der Waals surface area contributed by atoms with E-state index in [1.54, 1.807) is 48.5 Å². The SMILES string of the molecule is CC(C)NC(=O)C(Cc1ccccc1)N(Cc1ccccc1Cl)C(=O)CN(c1ccccc1Br)S(C)(=O)=O. The maximum absolute atomic E-state index is 14.0. The van der Waals surface area contributed by atoms with Crippen LogP contribution in [0.2, 0.25) is 5.02 Å². The topological polar surface area (TPSA) is 86.8 Å². The Morgan fingerprint density at radius 2 is 1.55 bits per heavy atom. The molecule has 3 aromatic carbocycles. The van der Waals surface area contributed by atoms with Gasteiger partial charge >= 0.3 is 0 Å². The number of halogens is 2. The summed E-state index contributed by atoms with van der Waals surface area (Å²) < 4.78 is 27.2. The number of nitrogens with zero attached hydrogens (tertiary/aromatic N) is 2. The lowest BCUT2D eigenvalue weighted by Gasteiger charge is -2.34. The normalized spacial score (nSPS) is 12.2. The molecule has 0 aliphatic carbocycles. The minimum Gasteiger partial charge on any atom is -0.352 e. The average molecular weight is 621 g/mol. The summed E-state index contributed by atoms with van der Waals surface area (Å²) in [4.78, 5) is 28.9. The van der Waals surface area contributed by atoms with Crippen molar-refractivity contribution in [1.82, 2.24) is 10.2 Å². The first-order chi connectivity index (χ1) is 18.0. The van der Waals surface area contributed by atoms with Gasteiger partial charge in [0.15, 0.2) is 0 Å². The largest absolute Gasteiger partial charge is 0.352 e. The van der Waals surface area contributed by atoms with E-state index in [0.717, 1.165) is 16.1 Å². The van der Waals surface area contributed by atoms with Gasteiger partial charge in [0.05, 0.1) is 11.9 Å². The van der Waals surface area contributed by atoms with E-state index >= 15 is 0 Å². The lowest BCUT2D eigenvalue weighted by Crippen LogP contribution is -2.54. The fourth-order valence-electron chi connectivity index (χ4n) is 3.99. The zero-order valence-electron chi connectivity index (χ0n) is 21.5. The van der Waals surface area contributed by atoms with Gasteiger partial charge in [0.2, 0.25) is 21.8 Å². The summed E-state index contributed by atoms with van der Waals surface area (Å²) in [6.45, 7) is 3.22. The zero-order chi connectivity index (χ0) is 27.9. The molecule has 0 heterocycles. The smallest absolute Gasteiger partial charge is 0.244 e. The van der Waals surface area contributed by atoms with Crippen LogP contribution in [0.15, 0.2) is 83.3 Å². The predicted octanol–water partition coefficient (Wildman–Crippen LogP) is 5.03. The maximum Gasteiger partial charge on any atom is 0.244 e. The Morgan fingerprint density at radius 3 is 2.16 bits per heavy atom. The van der Waals surface area contributed by atoms with Gasteiger partial charge < -0.3 is 10.2 Å². The molecule has 3 aromatic rings. The summed E-state index contributed by atoms with van der Waals surface area (Å²) in [7, 11) is -3.84. The van der Waals surface area contributed by atoms with E-state index in [-0.39, 0.29) is 24.9 Å². The summed E-state index contributed by atoms with van der Waals surface area (Å²) in [6.07, 6.45) is 1.29. The third kappa shape index (κ3) is 8.06. The molecule has 0 aliphatic rings. The number of benzene rings is 3. The Labute approximate surface area is 238 Å². The number of rotatable bonds is 11. The molecule has 0 aromatic heterocycles. The van der Waals surface area contributed by atoms with Gasteiger partial charge in [-0.2, -0.15) is 0 Å². The molecule has 1 atom stereocenters. The van der Waals surface area contributed by atoms with Crippen molar-refractivity contribution in [3.05, 3.63) is 99.5 Å². The molecular weight excluding hydrogens is 590 g/mol. The Hall–Kier alpha value is -2.88. The first kappa shape index (κ1) is 29.7. The van der Waals surface area contributed by atoms with Crippen molar-refractivity contribution >= 4 is 55.1 Å². The highest BCUT2D eigenvalue weighted by atomic mass is 79.9. The van der Waals surface area contributed by atoms with Crippen LogP contribution in [0, 0.1) is 0 Å². The lowest BCUT2D eigenvalue weighted by molar-refractivity contribution is -0.140. The van der Waals surface area contributed by atoms with E-state index in [1.807, 2.05) is 44.2 Å². The van der Waals surface area contributed by atoms with E-state index in [4.69, 9.17) is 11.6 Å².